The maximum atomic E-state index is 5.66. The predicted molar refractivity (Wildman–Crippen MR) is 60.8 cm³/mol. The highest BCUT2D eigenvalue weighted by atomic mass is 79.9. The summed E-state index contributed by atoms with van der Waals surface area (Å²) in [6.07, 6.45) is 4.25. The molecule has 0 radical (unpaired) electrons. The fraction of sp³-hybridized carbons (Fsp3) is 0.364. The molecule has 0 N–H and O–H groups in total. The molecule has 3 heterocycles. The summed E-state index contributed by atoms with van der Waals surface area (Å²) in [4.78, 5) is 4.45. The Bertz CT molecular complexity index is 488. The molecule has 3 nitrogen and oxygen atoms in total. The minimum Gasteiger partial charge on any atom is -0.370 e. The molecule has 0 amide bonds. The van der Waals surface area contributed by atoms with Crippen LogP contribution in [0.1, 0.15) is 24.8 Å². The summed E-state index contributed by atoms with van der Waals surface area (Å²) in [6.45, 7) is 0.851. The van der Waals surface area contributed by atoms with E-state index in [1.807, 2.05) is 18.3 Å². The lowest BCUT2D eigenvalue weighted by atomic mass is 10.2. The van der Waals surface area contributed by atoms with Gasteiger partial charge in [-0.2, -0.15) is 0 Å². The van der Waals surface area contributed by atoms with E-state index in [1.54, 1.807) is 0 Å². The Kier molecular flexibility index (Phi) is 2.25. The topological polar surface area (TPSA) is 26.5 Å². The van der Waals surface area contributed by atoms with Gasteiger partial charge in [-0.05, 0) is 40.9 Å². The fourth-order valence-corrected chi connectivity index (χ4v) is 2.58. The van der Waals surface area contributed by atoms with Crippen LogP contribution in [0.3, 0.4) is 0 Å². The molecule has 0 saturated carbocycles. The van der Waals surface area contributed by atoms with Crippen LogP contribution in [0.25, 0.3) is 5.52 Å². The van der Waals surface area contributed by atoms with Gasteiger partial charge >= 0.3 is 0 Å². The van der Waals surface area contributed by atoms with E-state index in [4.69, 9.17) is 4.74 Å². The van der Waals surface area contributed by atoms with Gasteiger partial charge in [0.25, 0.3) is 0 Å². The zero-order valence-electron chi connectivity index (χ0n) is 8.19. The summed E-state index contributed by atoms with van der Waals surface area (Å²) in [5.41, 5.74) is 1.11. The van der Waals surface area contributed by atoms with Crippen LogP contribution in [0, 0.1) is 0 Å². The van der Waals surface area contributed by atoms with Crippen molar-refractivity contribution < 1.29 is 4.74 Å². The first-order valence-corrected chi connectivity index (χ1v) is 5.89. The van der Waals surface area contributed by atoms with E-state index in [9.17, 15) is 0 Å². The van der Waals surface area contributed by atoms with Crippen LogP contribution < -0.4 is 0 Å². The quantitative estimate of drug-likeness (QED) is 0.742. The zero-order chi connectivity index (χ0) is 10.3. The minimum absolute atomic E-state index is 0.159. The molecule has 0 aromatic carbocycles. The van der Waals surface area contributed by atoms with Gasteiger partial charge in [0.15, 0.2) is 0 Å². The molecule has 15 heavy (non-hydrogen) atoms. The fourth-order valence-electron chi connectivity index (χ4n) is 2.04. The maximum absolute atomic E-state index is 5.66. The number of aromatic nitrogens is 2. The smallest absolute Gasteiger partial charge is 0.143 e. The maximum Gasteiger partial charge on any atom is 0.143 e. The lowest BCUT2D eigenvalue weighted by Gasteiger charge is -2.09. The molecule has 2 aromatic heterocycles. The highest BCUT2D eigenvalue weighted by molar-refractivity contribution is 9.10. The Morgan fingerprint density at radius 2 is 2.40 bits per heavy atom. The molecule has 0 bridgehead atoms. The SMILES string of the molecule is Brc1cccc2cnc(C3CCCO3)n12. The first-order valence-electron chi connectivity index (χ1n) is 5.10. The Morgan fingerprint density at radius 1 is 1.47 bits per heavy atom. The second kappa shape index (κ2) is 3.61. The lowest BCUT2D eigenvalue weighted by Crippen LogP contribution is -2.03. The number of ether oxygens (including phenoxy) is 1. The predicted octanol–water partition coefficient (Wildman–Crippen LogP) is 2.95. The highest BCUT2D eigenvalue weighted by Crippen LogP contribution is 2.29. The van der Waals surface area contributed by atoms with Crippen molar-refractivity contribution in [1.82, 2.24) is 9.38 Å². The number of hydrogen-bond donors (Lipinski definition) is 0. The molecular weight excluding hydrogens is 256 g/mol. The molecule has 1 saturated heterocycles. The Balaban J connectivity index is 2.18. The summed E-state index contributed by atoms with van der Waals surface area (Å²) < 4.78 is 8.79. The van der Waals surface area contributed by atoms with Crippen molar-refractivity contribution in [3.8, 4) is 0 Å². The van der Waals surface area contributed by atoms with Crippen molar-refractivity contribution in [2.75, 3.05) is 6.61 Å². The second-order valence-corrected chi connectivity index (χ2v) is 4.54. The summed E-state index contributed by atoms with van der Waals surface area (Å²) in [5, 5.41) is 0. The second-order valence-electron chi connectivity index (χ2n) is 3.73. The van der Waals surface area contributed by atoms with Crippen molar-refractivity contribution in [2.24, 2.45) is 0 Å². The van der Waals surface area contributed by atoms with Crippen LogP contribution in [0.5, 0.6) is 0 Å². The summed E-state index contributed by atoms with van der Waals surface area (Å²) >= 11 is 3.54. The van der Waals surface area contributed by atoms with E-state index in [2.05, 4.69) is 31.4 Å². The van der Waals surface area contributed by atoms with Crippen molar-refractivity contribution in [2.45, 2.75) is 18.9 Å². The summed E-state index contributed by atoms with van der Waals surface area (Å²) in [5.74, 6) is 1.01. The molecule has 0 spiro atoms. The largest absolute Gasteiger partial charge is 0.370 e. The van der Waals surface area contributed by atoms with Gasteiger partial charge in [-0.25, -0.2) is 4.98 Å². The molecule has 1 atom stereocenters. The molecule has 4 heteroatoms. The Morgan fingerprint density at radius 3 is 3.20 bits per heavy atom. The van der Waals surface area contributed by atoms with Crippen molar-refractivity contribution in [1.29, 1.82) is 0 Å². The van der Waals surface area contributed by atoms with E-state index < -0.39 is 0 Å². The molecule has 1 unspecified atom stereocenters. The van der Waals surface area contributed by atoms with Gasteiger partial charge in [0.2, 0.25) is 0 Å². The number of fused-ring (bicyclic) bond motifs is 1. The summed E-state index contributed by atoms with van der Waals surface area (Å²) in [7, 11) is 0. The van der Waals surface area contributed by atoms with Gasteiger partial charge < -0.3 is 4.74 Å². The third-order valence-electron chi connectivity index (χ3n) is 2.75. The number of halogens is 1. The van der Waals surface area contributed by atoms with Gasteiger partial charge in [0.1, 0.15) is 11.9 Å². The van der Waals surface area contributed by atoms with Crippen LogP contribution in [-0.2, 0) is 4.74 Å². The molecule has 0 aliphatic carbocycles. The highest BCUT2D eigenvalue weighted by Gasteiger charge is 2.22. The van der Waals surface area contributed by atoms with Crippen molar-refractivity contribution in [3.63, 3.8) is 0 Å². The van der Waals surface area contributed by atoms with Gasteiger partial charge in [-0.3, -0.25) is 4.40 Å². The molecule has 1 aliphatic heterocycles. The van der Waals surface area contributed by atoms with Gasteiger partial charge in [-0.1, -0.05) is 6.07 Å². The van der Waals surface area contributed by atoms with Crippen molar-refractivity contribution in [3.05, 3.63) is 34.8 Å². The number of pyridine rings is 1. The zero-order valence-corrected chi connectivity index (χ0v) is 9.77. The first kappa shape index (κ1) is 9.36. The number of rotatable bonds is 1. The van der Waals surface area contributed by atoms with Crippen molar-refractivity contribution >= 4 is 21.4 Å². The molecule has 78 valence electrons. The normalized spacial score (nSPS) is 21.3. The third-order valence-corrected chi connectivity index (χ3v) is 3.37. The Labute approximate surface area is 96.2 Å². The molecule has 1 aliphatic rings. The average molecular weight is 267 g/mol. The van der Waals surface area contributed by atoms with Crippen LogP contribution in [0.4, 0.5) is 0 Å². The molecule has 2 aromatic rings. The van der Waals surface area contributed by atoms with E-state index in [1.165, 1.54) is 0 Å². The standard InChI is InChI=1S/C11H11BrN2O/c12-10-5-1-3-8-7-13-11(14(8)10)9-4-2-6-15-9/h1,3,5,7,9H,2,4,6H2. The minimum atomic E-state index is 0.159. The number of imidazole rings is 1. The van der Waals surface area contributed by atoms with Crippen LogP contribution in [0.15, 0.2) is 29.0 Å². The molecular formula is C11H11BrN2O. The van der Waals surface area contributed by atoms with Crippen LogP contribution >= 0.6 is 15.9 Å². The monoisotopic (exact) mass is 266 g/mol. The van der Waals surface area contributed by atoms with E-state index in [0.717, 1.165) is 35.4 Å². The van der Waals surface area contributed by atoms with E-state index in [0.29, 0.717) is 0 Å². The third kappa shape index (κ3) is 1.48. The number of hydrogen-bond acceptors (Lipinski definition) is 2. The Hall–Kier alpha value is -0.870. The van der Waals surface area contributed by atoms with Crippen LogP contribution in [0.2, 0.25) is 0 Å². The lowest BCUT2D eigenvalue weighted by molar-refractivity contribution is 0.104. The number of nitrogens with zero attached hydrogens (tertiary/aromatic N) is 2. The van der Waals surface area contributed by atoms with Gasteiger partial charge in [0, 0.05) is 6.61 Å². The molecule has 3 rings (SSSR count). The van der Waals surface area contributed by atoms with Gasteiger partial charge in [-0.15, -0.1) is 0 Å². The summed E-state index contributed by atoms with van der Waals surface area (Å²) in [6, 6.07) is 6.09. The van der Waals surface area contributed by atoms with Gasteiger partial charge in [0.05, 0.1) is 16.3 Å². The van der Waals surface area contributed by atoms with Crippen LogP contribution in [-0.4, -0.2) is 16.0 Å². The molecule has 1 fully saturated rings. The first-order chi connectivity index (χ1) is 7.36. The van der Waals surface area contributed by atoms with E-state index >= 15 is 0 Å². The van der Waals surface area contributed by atoms with E-state index in [-0.39, 0.29) is 6.10 Å². The average Bonchev–Trinajstić information content (AvgIpc) is 2.85.